The van der Waals surface area contributed by atoms with Crippen LogP contribution in [0.4, 0.5) is 0 Å². The smallest absolute Gasteiger partial charge is 0.304 e. The molecule has 3 aromatic rings. The quantitative estimate of drug-likeness (QED) is 0.601. The number of nitrogens with zero attached hydrogens (tertiary/aromatic N) is 1. The van der Waals surface area contributed by atoms with Gasteiger partial charge in [0.15, 0.2) is 0 Å². The number of fused-ring (bicyclic) bond motifs is 1. The summed E-state index contributed by atoms with van der Waals surface area (Å²) >= 11 is 1.63. The zero-order valence-corrected chi connectivity index (χ0v) is 17.8. The molecule has 0 amide bonds. The summed E-state index contributed by atoms with van der Waals surface area (Å²) < 4.78 is 6.02. The van der Waals surface area contributed by atoms with Gasteiger partial charge < -0.3 is 9.84 Å². The largest absolute Gasteiger partial charge is 0.488 e. The average molecular weight is 422 g/mol. The number of aromatic nitrogens is 1. The summed E-state index contributed by atoms with van der Waals surface area (Å²) in [5, 5.41) is 10.1. The highest BCUT2D eigenvalue weighted by atomic mass is 32.1. The molecule has 1 atom stereocenters. The molecular formula is C24H23NO4S. The van der Waals surface area contributed by atoms with E-state index in [1.54, 1.807) is 11.3 Å². The van der Waals surface area contributed by atoms with E-state index in [-0.39, 0.29) is 12.2 Å². The molecule has 1 aliphatic carbocycles. The maximum atomic E-state index is 12.2. The molecule has 1 heterocycles. The number of carbonyl (C=O) groups is 2. The first-order valence-corrected chi connectivity index (χ1v) is 10.8. The number of hydrogen-bond acceptors (Lipinski definition) is 5. The molecule has 0 spiro atoms. The van der Waals surface area contributed by atoms with Gasteiger partial charge in [-0.2, -0.15) is 0 Å². The van der Waals surface area contributed by atoms with E-state index >= 15 is 0 Å². The number of carboxylic acid groups (broad SMARTS) is 1. The molecule has 154 valence electrons. The van der Waals surface area contributed by atoms with E-state index in [1.165, 1.54) is 5.56 Å². The lowest BCUT2D eigenvalue weighted by Crippen LogP contribution is -2.23. The number of Topliss-reactive ketones (excluding diaryl/α,β-unsaturated/α-hetero) is 1. The van der Waals surface area contributed by atoms with Gasteiger partial charge in [-0.25, -0.2) is 4.98 Å². The molecule has 1 N–H and O–H groups in total. The number of carboxylic acids is 1. The Bertz CT molecular complexity index is 1100. The van der Waals surface area contributed by atoms with Crippen molar-refractivity contribution in [1.29, 1.82) is 0 Å². The third-order valence-corrected chi connectivity index (χ3v) is 6.64. The third-order valence-electron chi connectivity index (χ3n) is 5.46. The highest BCUT2D eigenvalue weighted by Crippen LogP contribution is 2.34. The zero-order valence-electron chi connectivity index (χ0n) is 17.0. The van der Waals surface area contributed by atoms with Crippen LogP contribution in [0.25, 0.3) is 10.6 Å². The van der Waals surface area contributed by atoms with Crippen LogP contribution in [-0.2, 0) is 22.6 Å². The monoisotopic (exact) mass is 421 g/mol. The van der Waals surface area contributed by atoms with Crippen LogP contribution < -0.4 is 4.74 Å². The van der Waals surface area contributed by atoms with Crippen LogP contribution >= 0.6 is 11.3 Å². The molecule has 0 bridgehead atoms. The second-order valence-corrected chi connectivity index (χ2v) is 8.74. The van der Waals surface area contributed by atoms with Crippen molar-refractivity contribution in [1.82, 2.24) is 4.98 Å². The fourth-order valence-electron chi connectivity index (χ4n) is 3.76. The number of thiazole rings is 1. The Hall–Kier alpha value is -2.99. The lowest BCUT2D eigenvalue weighted by atomic mass is 9.80. The fourth-order valence-corrected chi connectivity index (χ4v) is 4.74. The molecule has 0 saturated heterocycles. The second kappa shape index (κ2) is 8.40. The number of carbonyl (C=O) groups excluding carboxylic acids is 1. The van der Waals surface area contributed by atoms with Crippen LogP contribution in [0.3, 0.4) is 0 Å². The molecule has 5 nitrogen and oxygen atoms in total. The first kappa shape index (κ1) is 20.3. The lowest BCUT2D eigenvalue weighted by Gasteiger charge is -2.23. The minimum absolute atomic E-state index is 0.00230. The molecule has 1 aliphatic rings. The molecule has 1 unspecified atom stereocenters. The predicted octanol–water partition coefficient (Wildman–Crippen LogP) is 5.08. The van der Waals surface area contributed by atoms with Gasteiger partial charge >= 0.3 is 5.97 Å². The Labute approximate surface area is 179 Å². The van der Waals surface area contributed by atoms with Crippen molar-refractivity contribution < 1.29 is 19.4 Å². The molecule has 0 fully saturated rings. The number of aliphatic carboxylic acids is 1. The van der Waals surface area contributed by atoms with Gasteiger partial charge in [-0.05, 0) is 43.5 Å². The van der Waals surface area contributed by atoms with E-state index < -0.39 is 11.9 Å². The Kier molecular flexibility index (Phi) is 5.68. The Balaban J connectivity index is 1.49. The minimum Gasteiger partial charge on any atom is -0.488 e. The van der Waals surface area contributed by atoms with Gasteiger partial charge in [0.25, 0.3) is 0 Å². The van der Waals surface area contributed by atoms with Crippen molar-refractivity contribution in [3.8, 4) is 16.3 Å². The molecule has 2 aromatic carbocycles. The average Bonchev–Trinajstić information content (AvgIpc) is 3.09. The Morgan fingerprint density at radius 1 is 1.17 bits per heavy atom. The number of ketones is 1. The standard InChI is InChI=1S/C24H23NO4S/c1-14-3-5-16(6-4-14)24-25-15(2)22(30-24)13-29-18-8-9-19-17(11-18)7-10-21(26)20(19)12-23(27)28/h3-6,8-9,11,20H,7,10,12-13H2,1-2H3,(H,27,28). The molecular weight excluding hydrogens is 398 g/mol. The van der Waals surface area contributed by atoms with Crippen LogP contribution in [-0.4, -0.2) is 21.8 Å². The van der Waals surface area contributed by atoms with E-state index in [4.69, 9.17) is 9.84 Å². The molecule has 4 rings (SSSR count). The van der Waals surface area contributed by atoms with Gasteiger partial charge in [0.1, 0.15) is 23.1 Å². The number of ether oxygens (including phenoxy) is 1. The topological polar surface area (TPSA) is 76.5 Å². The number of benzene rings is 2. The SMILES string of the molecule is Cc1ccc(-c2nc(C)c(COc3ccc4c(c3)CCC(=O)C4CC(=O)O)s2)cc1. The third kappa shape index (κ3) is 4.28. The van der Waals surface area contributed by atoms with Crippen molar-refractivity contribution >= 4 is 23.1 Å². The van der Waals surface area contributed by atoms with Crippen LogP contribution in [0.15, 0.2) is 42.5 Å². The zero-order chi connectivity index (χ0) is 21.3. The molecule has 0 aliphatic heterocycles. The Morgan fingerprint density at radius 2 is 1.93 bits per heavy atom. The van der Waals surface area contributed by atoms with E-state index in [1.807, 2.05) is 25.1 Å². The first-order valence-electron chi connectivity index (χ1n) is 9.94. The molecule has 1 aromatic heterocycles. The van der Waals surface area contributed by atoms with Crippen molar-refractivity contribution in [3.05, 3.63) is 69.7 Å². The van der Waals surface area contributed by atoms with Crippen molar-refractivity contribution in [2.75, 3.05) is 0 Å². The van der Waals surface area contributed by atoms with Crippen LogP contribution in [0.1, 0.15) is 46.0 Å². The lowest BCUT2D eigenvalue weighted by molar-refractivity contribution is -0.139. The second-order valence-electron chi connectivity index (χ2n) is 7.66. The van der Waals surface area contributed by atoms with Crippen LogP contribution in [0, 0.1) is 13.8 Å². The van der Waals surface area contributed by atoms with Gasteiger partial charge in [0, 0.05) is 12.0 Å². The number of rotatable bonds is 6. The summed E-state index contributed by atoms with van der Waals surface area (Å²) in [7, 11) is 0. The number of aryl methyl sites for hydroxylation is 3. The Morgan fingerprint density at radius 3 is 2.67 bits per heavy atom. The van der Waals surface area contributed by atoms with Gasteiger partial charge in [-0.15, -0.1) is 11.3 Å². The summed E-state index contributed by atoms with van der Waals surface area (Å²) in [4.78, 5) is 29.0. The highest BCUT2D eigenvalue weighted by molar-refractivity contribution is 7.15. The van der Waals surface area contributed by atoms with Gasteiger partial charge in [-0.3, -0.25) is 9.59 Å². The predicted molar refractivity (Wildman–Crippen MR) is 116 cm³/mol. The molecule has 0 saturated carbocycles. The molecule has 30 heavy (non-hydrogen) atoms. The summed E-state index contributed by atoms with van der Waals surface area (Å²) in [5.74, 6) is -0.781. The van der Waals surface area contributed by atoms with E-state index in [0.29, 0.717) is 19.4 Å². The highest BCUT2D eigenvalue weighted by Gasteiger charge is 2.29. The summed E-state index contributed by atoms with van der Waals surface area (Å²) in [6.07, 6.45) is 0.842. The van der Waals surface area contributed by atoms with Crippen molar-refractivity contribution in [2.45, 2.75) is 45.6 Å². The maximum Gasteiger partial charge on any atom is 0.304 e. The van der Waals surface area contributed by atoms with Crippen LogP contribution in [0.5, 0.6) is 5.75 Å². The van der Waals surface area contributed by atoms with E-state index in [0.717, 1.165) is 38.0 Å². The van der Waals surface area contributed by atoms with Gasteiger partial charge in [0.2, 0.25) is 0 Å². The summed E-state index contributed by atoms with van der Waals surface area (Å²) in [6.45, 7) is 4.47. The normalized spacial score (nSPS) is 15.7. The molecule has 6 heteroatoms. The van der Waals surface area contributed by atoms with Crippen LogP contribution in [0.2, 0.25) is 0 Å². The summed E-state index contributed by atoms with van der Waals surface area (Å²) in [6, 6.07) is 13.9. The first-order chi connectivity index (χ1) is 14.4. The van der Waals surface area contributed by atoms with Crippen molar-refractivity contribution in [2.24, 2.45) is 0 Å². The van der Waals surface area contributed by atoms with E-state index in [9.17, 15) is 9.59 Å². The van der Waals surface area contributed by atoms with Gasteiger partial charge in [-0.1, -0.05) is 35.9 Å². The number of hydrogen-bond donors (Lipinski definition) is 1. The fraction of sp³-hybridized carbons (Fsp3) is 0.292. The minimum atomic E-state index is -0.952. The van der Waals surface area contributed by atoms with Crippen molar-refractivity contribution in [3.63, 3.8) is 0 Å². The van der Waals surface area contributed by atoms with Gasteiger partial charge in [0.05, 0.1) is 22.9 Å². The maximum absolute atomic E-state index is 12.2. The van der Waals surface area contributed by atoms with E-state index in [2.05, 4.69) is 36.2 Å². The summed E-state index contributed by atoms with van der Waals surface area (Å²) in [5.41, 5.74) is 5.09. The molecule has 0 radical (unpaired) electrons.